The van der Waals surface area contributed by atoms with E-state index in [2.05, 4.69) is 38.2 Å². The maximum absolute atomic E-state index is 14.7. The second-order valence-electron chi connectivity index (χ2n) is 9.00. The van der Waals surface area contributed by atoms with Crippen molar-refractivity contribution in [3.8, 4) is 22.1 Å². The topological polar surface area (TPSA) is 74.3 Å². The second kappa shape index (κ2) is 9.87. The van der Waals surface area contributed by atoms with Crippen molar-refractivity contribution >= 4 is 27.2 Å². The van der Waals surface area contributed by atoms with Crippen molar-refractivity contribution < 1.29 is 9.13 Å². The number of ether oxygens (including phenoxy) is 1. The standard InChI is InChI=1S/C26H27FN6OS/c27-20-13-19(32-31-18-2-3-18)4-6-23(20)34-24-7-8-29-22-14-25(35-26(22)24)21-5-1-17(15-30-21)16-33-11-9-28-10-12-33/h1,4-8,13-15,18,28,31-32H,2-3,9-12,16H2. The van der Waals surface area contributed by atoms with Gasteiger partial charge in [-0.3, -0.25) is 14.9 Å². The Morgan fingerprint density at radius 1 is 1.06 bits per heavy atom. The first kappa shape index (κ1) is 22.4. The molecular formula is C26H27FN6OS. The van der Waals surface area contributed by atoms with E-state index in [1.807, 2.05) is 12.3 Å². The number of benzene rings is 1. The molecule has 0 radical (unpaired) electrons. The van der Waals surface area contributed by atoms with Crippen LogP contribution in [0.2, 0.25) is 0 Å². The summed E-state index contributed by atoms with van der Waals surface area (Å²) in [7, 11) is 0. The smallest absolute Gasteiger partial charge is 0.167 e. The van der Waals surface area contributed by atoms with E-state index in [1.54, 1.807) is 35.7 Å². The van der Waals surface area contributed by atoms with Gasteiger partial charge in [-0.25, -0.2) is 9.82 Å². The maximum atomic E-state index is 14.7. The summed E-state index contributed by atoms with van der Waals surface area (Å²) >= 11 is 1.55. The van der Waals surface area contributed by atoms with Gasteiger partial charge in [-0.05, 0) is 42.7 Å². The van der Waals surface area contributed by atoms with Gasteiger partial charge in [-0.2, -0.15) is 0 Å². The van der Waals surface area contributed by atoms with Crippen LogP contribution in [0.4, 0.5) is 10.1 Å². The lowest BCUT2D eigenvalue weighted by Crippen LogP contribution is -2.42. The molecule has 4 heterocycles. The Bertz CT molecular complexity index is 1320. The molecule has 1 aliphatic carbocycles. The van der Waals surface area contributed by atoms with Crippen LogP contribution in [0.15, 0.2) is 54.9 Å². The van der Waals surface area contributed by atoms with Crippen LogP contribution in [0, 0.1) is 5.82 Å². The first-order valence-corrected chi connectivity index (χ1v) is 12.8. The average Bonchev–Trinajstić information content (AvgIpc) is 3.61. The van der Waals surface area contributed by atoms with Crippen LogP contribution in [-0.2, 0) is 6.54 Å². The number of aromatic nitrogens is 2. The molecule has 2 aliphatic rings. The number of hydrazine groups is 1. The van der Waals surface area contributed by atoms with Crippen LogP contribution >= 0.6 is 11.3 Å². The highest BCUT2D eigenvalue weighted by Gasteiger charge is 2.20. The Kier molecular flexibility index (Phi) is 6.30. The highest BCUT2D eigenvalue weighted by molar-refractivity contribution is 7.22. The van der Waals surface area contributed by atoms with Gasteiger partial charge in [-0.15, -0.1) is 11.3 Å². The number of anilines is 1. The number of hydrogen-bond donors (Lipinski definition) is 3. The molecule has 0 spiro atoms. The van der Waals surface area contributed by atoms with Gasteiger partial charge >= 0.3 is 0 Å². The number of fused-ring (bicyclic) bond motifs is 1. The van der Waals surface area contributed by atoms with Gasteiger partial charge in [0.25, 0.3) is 0 Å². The molecule has 1 aromatic carbocycles. The molecule has 6 rings (SSSR count). The normalized spacial score (nSPS) is 16.5. The van der Waals surface area contributed by atoms with Crippen LogP contribution in [0.1, 0.15) is 18.4 Å². The number of pyridine rings is 2. The van der Waals surface area contributed by atoms with Crippen molar-refractivity contribution in [1.29, 1.82) is 0 Å². The second-order valence-corrected chi connectivity index (χ2v) is 10.1. The van der Waals surface area contributed by atoms with Crippen molar-refractivity contribution in [2.24, 2.45) is 0 Å². The lowest BCUT2D eigenvalue weighted by Gasteiger charge is -2.27. The first-order chi connectivity index (χ1) is 17.2. The molecule has 1 saturated carbocycles. The SMILES string of the molecule is Fc1cc(NNC2CC2)ccc1Oc1ccnc2cc(-c3ccc(CN4CCNCC4)cn3)sc12. The molecule has 0 bridgehead atoms. The van der Waals surface area contributed by atoms with Crippen molar-refractivity contribution in [3.05, 3.63) is 66.2 Å². The summed E-state index contributed by atoms with van der Waals surface area (Å²) in [5.74, 6) is 0.341. The molecule has 35 heavy (non-hydrogen) atoms. The Labute approximate surface area is 207 Å². The summed E-state index contributed by atoms with van der Waals surface area (Å²) < 4.78 is 21.6. The van der Waals surface area contributed by atoms with Crippen molar-refractivity contribution in [1.82, 2.24) is 25.6 Å². The third-order valence-electron chi connectivity index (χ3n) is 6.22. The van der Waals surface area contributed by atoms with Crippen LogP contribution in [0.5, 0.6) is 11.5 Å². The summed E-state index contributed by atoms with van der Waals surface area (Å²) in [6, 6.07) is 13.3. The van der Waals surface area contributed by atoms with E-state index in [-0.39, 0.29) is 5.75 Å². The zero-order chi connectivity index (χ0) is 23.6. The lowest BCUT2D eigenvalue weighted by atomic mass is 10.2. The predicted molar refractivity (Wildman–Crippen MR) is 137 cm³/mol. The van der Waals surface area contributed by atoms with Gasteiger partial charge in [0.15, 0.2) is 11.6 Å². The average molecular weight is 491 g/mol. The predicted octanol–water partition coefficient (Wildman–Crippen LogP) is 4.77. The van der Waals surface area contributed by atoms with Crippen molar-refractivity contribution in [2.45, 2.75) is 25.4 Å². The molecule has 9 heteroatoms. The molecule has 7 nitrogen and oxygen atoms in total. The van der Waals surface area contributed by atoms with Crippen LogP contribution in [0.25, 0.3) is 20.8 Å². The van der Waals surface area contributed by atoms with Gasteiger partial charge in [0.05, 0.1) is 26.5 Å². The molecule has 0 unspecified atom stereocenters. The minimum atomic E-state index is -0.420. The minimum absolute atomic E-state index is 0.180. The highest BCUT2D eigenvalue weighted by Crippen LogP contribution is 2.39. The summed E-state index contributed by atoms with van der Waals surface area (Å²) in [4.78, 5) is 12.6. The summed E-state index contributed by atoms with van der Waals surface area (Å²) in [6.07, 6.45) is 5.93. The lowest BCUT2D eigenvalue weighted by molar-refractivity contribution is 0.233. The van der Waals surface area contributed by atoms with Gasteiger partial charge in [-0.1, -0.05) is 6.07 Å². The third-order valence-corrected chi connectivity index (χ3v) is 7.38. The van der Waals surface area contributed by atoms with E-state index in [0.717, 1.165) is 66.4 Å². The molecule has 180 valence electrons. The number of hydrogen-bond acceptors (Lipinski definition) is 8. The monoisotopic (exact) mass is 490 g/mol. The fourth-order valence-corrected chi connectivity index (χ4v) is 5.15. The summed E-state index contributed by atoms with van der Waals surface area (Å²) in [5, 5.41) is 3.38. The number of halogens is 1. The Morgan fingerprint density at radius 3 is 2.71 bits per heavy atom. The van der Waals surface area contributed by atoms with Gasteiger partial charge in [0.2, 0.25) is 0 Å². The summed E-state index contributed by atoms with van der Waals surface area (Å²) in [5.41, 5.74) is 9.79. The molecule has 0 amide bonds. The molecule has 3 N–H and O–H groups in total. The Morgan fingerprint density at radius 2 is 1.94 bits per heavy atom. The van der Waals surface area contributed by atoms with Crippen LogP contribution in [-0.4, -0.2) is 47.1 Å². The molecule has 2 fully saturated rings. The molecule has 0 atom stereocenters. The van der Waals surface area contributed by atoms with Crippen molar-refractivity contribution in [3.63, 3.8) is 0 Å². The minimum Gasteiger partial charge on any atom is -0.453 e. The molecular weight excluding hydrogens is 463 g/mol. The number of nitrogens with one attached hydrogen (secondary N) is 3. The molecule has 3 aromatic heterocycles. The van der Waals surface area contributed by atoms with Gasteiger partial charge in [0.1, 0.15) is 5.75 Å². The van der Waals surface area contributed by atoms with Crippen molar-refractivity contribution in [2.75, 3.05) is 31.6 Å². The number of piperazine rings is 1. The third kappa shape index (κ3) is 5.28. The van der Waals surface area contributed by atoms with E-state index >= 15 is 0 Å². The molecule has 4 aromatic rings. The van der Waals surface area contributed by atoms with Gasteiger partial charge in [0, 0.05) is 63.3 Å². The molecule has 1 saturated heterocycles. The summed E-state index contributed by atoms with van der Waals surface area (Å²) in [6.45, 7) is 5.10. The van der Waals surface area contributed by atoms with E-state index in [9.17, 15) is 4.39 Å². The first-order valence-electron chi connectivity index (χ1n) is 12.0. The zero-order valence-electron chi connectivity index (χ0n) is 19.3. The molecule has 1 aliphatic heterocycles. The Hall–Kier alpha value is -3.11. The zero-order valence-corrected chi connectivity index (χ0v) is 20.1. The van der Waals surface area contributed by atoms with E-state index in [4.69, 9.17) is 9.72 Å². The van der Waals surface area contributed by atoms with E-state index < -0.39 is 5.82 Å². The van der Waals surface area contributed by atoms with Gasteiger partial charge < -0.3 is 15.5 Å². The Balaban J connectivity index is 1.19. The van der Waals surface area contributed by atoms with E-state index in [1.165, 1.54) is 11.6 Å². The fraction of sp³-hybridized carbons (Fsp3) is 0.308. The quantitative estimate of drug-likeness (QED) is 0.307. The van der Waals surface area contributed by atoms with Crippen LogP contribution in [0.3, 0.4) is 0 Å². The van der Waals surface area contributed by atoms with Crippen LogP contribution < -0.4 is 20.9 Å². The highest BCUT2D eigenvalue weighted by atomic mass is 32.1. The maximum Gasteiger partial charge on any atom is 0.167 e. The van der Waals surface area contributed by atoms with E-state index in [0.29, 0.717) is 17.5 Å². The number of rotatable bonds is 8. The number of thiophene rings is 1. The fourth-order valence-electron chi connectivity index (χ4n) is 4.11. The number of nitrogens with zero attached hydrogens (tertiary/aromatic N) is 3. The largest absolute Gasteiger partial charge is 0.453 e.